The van der Waals surface area contributed by atoms with Gasteiger partial charge in [0.05, 0.1) is 6.04 Å². The zero-order chi connectivity index (χ0) is 10.7. The van der Waals surface area contributed by atoms with E-state index in [0.29, 0.717) is 6.04 Å². The van der Waals surface area contributed by atoms with Crippen molar-refractivity contribution in [2.45, 2.75) is 53.0 Å². The van der Waals surface area contributed by atoms with Crippen LogP contribution in [0.2, 0.25) is 0 Å². The van der Waals surface area contributed by atoms with Gasteiger partial charge in [-0.2, -0.15) is 0 Å². The maximum Gasteiger partial charge on any atom is 0.269 e. The Bertz CT molecular complexity index is 345. The number of nitrogens with one attached hydrogen (secondary N) is 1. The fourth-order valence-corrected chi connectivity index (χ4v) is 1.84. The quantitative estimate of drug-likeness (QED) is 0.789. The Hall–Kier alpha value is -0.990. The summed E-state index contributed by atoms with van der Waals surface area (Å²) in [6, 6.07) is 0.321. The van der Waals surface area contributed by atoms with Gasteiger partial charge in [0, 0.05) is 11.3 Å². The molecule has 0 aliphatic heterocycles. The van der Waals surface area contributed by atoms with Gasteiger partial charge in [0.2, 0.25) is 0 Å². The zero-order valence-electron chi connectivity index (χ0n) is 9.55. The molecule has 0 aliphatic carbocycles. The second kappa shape index (κ2) is 4.49. The van der Waals surface area contributed by atoms with E-state index in [1.807, 2.05) is 6.92 Å². The molecule has 0 saturated heterocycles. The summed E-state index contributed by atoms with van der Waals surface area (Å²) in [5.74, 6) is 0. The molecular weight excluding hydrogens is 176 g/mol. The first kappa shape index (κ1) is 11.1. The predicted molar refractivity (Wildman–Crippen MR) is 58.8 cm³/mol. The molecule has 1 aromatic rings. The maximum atomic E-state index is 11.8. The van der Waals surface area contributed by atoms with Crippen molar-refractivity contribution in [1.82, 2.24) is 9.78 Å². The molecular formula is C11H20N2O. The minimum Gasteiger partial charge on any atom is -0.299 e. The molecule has 1 rings (SSSR count). The van der Waals surface area contributed by atoms with Crippen molar-refractivity contribution in [3.05, 3.63) is 21.6 Å². The third kappa shape index (κ3) is 1.76. The monoisotopic (exact) mass is 196 g/mol. The van der Waals surface area contributed by atoms with E-state index in [-0.39, 0.29) is 5.56 Å². The Kier molecular flexibility index (Phi) is 3.55. The lowest BCUT2D eigenvalue weighted by atomic mass is 10.2. The summed E-state index contributed by atoms with van der Waals surface area (Å²) in [7, 11) is 0. The van der Waals surface area contributed by atoms with Crippen molar-refractivity contribution < 1.29 is 0 Å². The summed E-state index contributed by atoms with van der Waals surface area (Å²) in [4.78, 5) is 11.8. The van der Waals surface area contributed by atoms with Crippen molar-refractivity contribution in [3.8, 4) is 0 Å². The van der Waals surface area contributed by atoms with E-state index in [1.54, 1.807) is 4.68 Å². The van der Waals surface area contributed by atoms with Gasteiger partial charge in [-0.05, 0) is 26.2 Å². The van der Waals surface area contributed by atoms with Crippen molar-refractivity contribution in [3.63, 3.8) is 0 Å². The topological polar surface area (TPSA) is 37.8 Å². The normalized spacial score (nSPS) is 11.2. The Morgan fingerprint density at radius 3 is 2.21 bits per heavy atom. The number of hydrogen-bond acceptors (Lipinski definition) is 1. The highest BCUT2D eigenvalue weighted by molar-refractivity contribution is 5.15. The number of rotatable bonds is 4. The number of aryl methyl sites for hydroxylation is 1. The molecule has 3 nitrogen and oxygen atoms in total. The first-order chi connectivity index (χ1) is 6.65. The molecule has 0 saturated carbocycles. The van der Waals surface area contributed by atoms with Gasteiger partial charge in [-0.15, -0.1) is 0 Å². The number of nitrogens with zero attached hydrogens (tertiary/aromatic N) is 1. The highest BCUT2D eigenvalue weighted by Gasteiger charge is 2.13. The van der Waals surface area contributed by atoms with Gasteiger partial charge in [0.1, 0.15) is 0 Å². The van der Waals surface area contributed by atoms with E-state index in [2.05, 4.69) is 25.9 Å². The summed E-state index contributed by atoms with van der Waals surface area (Å²) >= 11 is 0. The summed E-state index contributed by atoms with van der Waals surface area (Å²) in [5, 5.41) is 3.21. The number of H-pyrrole nitrogens is 1. The van der Waals surface area contributed by atoms with Crippen LogP contribution >= 0.6 is 0 Å². The average Bonchev–Trinajstić information content (AvgIpc) is 2.48. The third-order valence-electron chi connectivity index (χ3n) is 2.91. The highest BCUT2D eigenvalue weighted by Crippen LogP contribution is 2.13. The van der Waals surface area contributed by atoms with E-state index in [9.17, 15) is 4.79 Å². The van der Waals surface area contributed by atoms with Crippen LogP contribution in [0.25, 0.3) is 0 Å². The highest BCUT2D eigenvalue weighted by atomic mass is 16.1. The number of aromatic amines is 1. The number of aromatic nitrogens is 2. The van der Waals surface area contributed by atoms with Crippen molar-refractivity contribution in [2.75, 3.05) is 0 Å². The van der Waals surface area contributed by atoms with Crippen LogP contribution in [0.15, 0.2) is 4.79 Å². The van der Waals surface area contributed by atoms with Gasteiger partial charge in [-0.1, -0.05) is 20.8 Å². The van der Waals surface area contributed by atoms with E-state index < -0.39 is 0 Å². The van der Waals surface area contributed by atoms with Crippen molar-refractivity contribution in [1.29, 1.82) is 0 Å². The smallest absolute Gasteiger partial charge is 0.269 e. The van der Waals surface area contributed by atoms with Crippen LogP contribution in [0.1, 0.15) is 50.9 Å². The molecule has 0 unspecified atom stereocenters. The van der Waals surface area contributed by atoms with E-state index in [4.69, 9.17) is 0 Å². The van der Waals surface area contributed by atoms with E-state index in [0.717, 1.165) is 30.5 Å². The van der Waals surface area contributed by atoms with Crippen molar-refractivity contribution in [2.24, 2.45) is 0 Å². The van der Waals surface area contributed by atoms with Crippen LogP contribution in [0.5, 0.6) is 0 Å². The minimum absolute atomic E-state index is 0.149. The second-order valence-electron chi connectivity index (χ2n) is 3.71. The summed E-state index contributed by atoms with van der Waals surface area (Å²) in [5.41, 5.74) is 2.09. The summed E-state index contributed by atoms with van der Waals surface area (Å²) in [6.07, 6.45) is 2.90. The largest absolute Gasteiger partial charge is 0.299 e. The SMILES string of the molecule is CCc1[nH]n(C(CC)CC)c(=O)c1C. The molecule has 0 radical (unpaired) electrons. The second-order valence-corrected chi connectivity index (χ2v) is 3.71. The first-order valence-electron chi connectivity index (χ1n) is 5.45. The summed E-state index contributed by atoms with van der Waals surface area (Å²) in [6.45, 7) is 8.19. The molecule has 0 aliphatic rings. The predicted octanol–water partition coefficient (Wildman–Crippen LogP) is 2.41. The van der Waals surface area contributed by atoms with Crippen LogP contribution in [0.4, 0.5) is 0 Å². The molecule has 0 fully saturated rings. The van der Waals surface area contributed by atoms with Crippen LogP contribution in [0.3, 0.4) is 0 Å². The van der Waals surface area contributed by atoms with Crippen LogP contribution in [-0.2, 0) is 6.42 Å². The fourth-order valence-electron chi connectivity index (χ4n) is 1.84. The van der Waals surface area contributed by atoms with Crippen LogP contribution in [0, 0.1) is 6.92 Å². The molecule has 1 N–H and O–H groups in total. The molecule has 3 heteroatoms. The molecule has 1 heterocycles. The Labute approximate surface area is 85.1 Å². The van der Waals surface area contributed by atoms with Gasteiger partial charge < -0.3 is 0 Å². The average molecular weight is 196 g/mol. The maximum absolute atomic E-state index is 11.8. The van der Waals surface area contributed by atoms with Crippen LogP contribution in [-0.4, -0.2) is 9.78 Å². The molecule has 0 atom stereocenters. The van der Waals surface area contributed by atoms with Crippen molar-refractivity contribution >= 4 is 0 Å². The molecule has 0 bridgehead atoms. The molecule has 14 heavy (non-hydrogen) atoms. The lowest BCUT2D eigenvalue weighted by molar-refractivity contribution is 0.415. The molecule has 80 valence electrons. The van der Waals surface area contributed by atoms with Crippen LogP contribution < -0.4 is 5.56 Å². The molecule has 0 aromatic carbocycles. The molecule has 1 aromatic heterocycles. The van der Waals surface area contributed by atoms with Gasteiger partial charge in [0.25, 0.3) is 5.56 Å². The lowest BCUT2D eigenvalue weighted by Gasteiger charge is -2.12. The Morgan fingerprint density at radius 1 is 1.29 bits per heavy atom. The minimum atomic E-state index is 0.149. The first-order valence-corrected chi connectivity index (χ1v) is 5.45. The van der Waals surface area contributed by atoms with Gasteiger partial charge in [0.15, 0.2) is 0 Å². The van der Waals surface area contributed by atoms with Gasteiger partial charge in [-0.3, -0.25) is 9.89 Å². The Balaban J connectivity index is 3.15. The van der Waals surface area contributed by atoms with Gasteiger partial charge in [-0.25, -0.2) is 4.68 Å². The zero-order valence-corrected chi connectivity index (χ0v) is 9.55. The number of hydrogen-bond donors (Lipinski definition) is 1. The lowest BCUT2D eigenvalue weighted by Crippen LogP contribution is -2.22. The van der Waals surface area contributed by atoms with E-state index in [1.165, 1.54) is 0 Å². The molecule has 0 spiro atoms. The fraction of sp³-hybridized carbons (Fsp3) is 0.727. The standard InChI is InChI=1S/C11H20N2O/c1-5-9(6-2)13-11(14)8(4)10(7-3)12-13/h9,12H,5-7H2,1-4H3. The van der Waals surface area contributed by atoms with E-state index >= 15 is 0 Å². The molecule has 0 amide bonds. The van der Waals surface area contributed by atoms with Gasteiger partial charge >= 0.3 is 0 Å². The Morgan fingerprint density at radius 2 is 1.86 bits per heavy atom. The summed E-state index contributed by atoms with van der Waals surface area (Å²) < 4.78 is 1.79. The third-order valence-corrected chi connectivity index (χ3v) is 2.91.